The molecular formula is C31H29NO2. The first-order valence-corrected chi connectivity index (χ1v) is 11.9. The third-order valence-corrected chi connectivity index (χ3v) is 6.40. The summed E-state index contributed by atoms with van der Waals surface area (Å²) in [5.41, 5.74) is 4.61. The summed E-state index contributed by atoms with van der Waals surface area (Å²) in [5.74, 6) is 0.157. The average Bonchev–Trinajstić information content (AvgIpc) is 3.70. The zero-order chi connectivity index (χ0) is 23.2. The molecule has 0 saturated carbocycles. The summed E-state index contributed by atoms with van der Waals surface area (Å²) in [6.07, 6.45) is 0.105. The number of nitrogens with zero attached hydrogens (tertiary/aromatic N) is 1. The van der Waals surface area contributed by atoms with E-state index in [1.165, 1.54) is 11.1 Å². The summed E-state index contributed by atoms with van der Waals surface area (Å²) >= 11 is 0. The van der Waals surface area contributed by atoms with Crippen molar-refractivity contribution < 1.29 is 9.53 Å². The van der Waals surface area contributed by atoms with Crippen LogP contribution in [0.15, 0.2) is 121 Å². The van der Waals surface area contributed by atoms with Gasteiger partial charge >= 0.3 is 0 Å². The van der Waals surface area contributed by atoms with Gasteiger partial charge in [-0.2, -0.15) is 0 Å². The highest BCUT2D eigenvalue weighted by atomic mass is 16.6. The van der Waals surface area contributed by atoms with Gasteiger partial charge in [0.15, 0.2) is 5.78 Å². The van der Waals surface area contributed by atoms with E-state index in [-0.39, 0.29) is 17.9 Å². The number of carbonyl (C=O) groups is 1. The normalized spacial score (nSPS) is 17.9. The molecule has 4 aromatic carbocycles. The molecule has 1 saturated heterocycles. The molecule has 1 aliphatic rings. The number of Topliss-reactive ketones (excluding diaryl/α,β-unsaturated/α-hetero) is 1. The van der Waals surface area contributed by atoms with Crippen molar-refractivity contribution in [3.05, 3.63) is 144 Å². The van der Waals surface area contributed by atoms with Crippen LogP contribution >= 0.6 is 0 Å². The molecule has 5 rings (SSSR count). The fourth-order valence-electron chi connectivity index (χ4n) is 4.57. The van der Waals surface area contributed by atoms with Gasteiger partial charge in [-0.3, -0.25) is 9.69 Å². The van der Waals surface area contributed by atoms with Crippen molar-refractivity contribution in [1.82, 2.24) is 4.90 Å². The van der Waals surface area contributed by atoms with E-state index in [2.05, 4.69) is 65.6 Å². The second-order valence-electron chi connectivity index (χ2n) is 8.87. The zero-order valence-electron chi connectivity index (χ0n) is 19.2. The van der Waals surface area contributed by atoms with E-state index in [4.69, 9.17) is 4.74 Å². The molecule has 3 heteroatoms. The summed E-state index contributed by atoms with van der Waals surface area (Å²) in [7, 11) is 0. The Morgan fingerprint density at radius 1 is 0.647 bits per heavy atom. The maximum absolute atomic E-state index is 13.9. The fourth-order valence-corrected chi connectivity index (χ4v) is 4.57. The molecule has 170 valence electrons. The van der Waals surface area contributed by atoms with Crippen molar-refractivity contribution in [2.45, 2.75) is 37.8 Å². The predicted octanol–water partition coefficient (Wildman–Crippen LogP) is 6.01. The highest BCUT2D eigenvalue weighted by Gasteiger charge is 2.49. The third-order valence-electron chi connectivity index (χ3n) is 6.40. The second kappa shape index (κ2) is 10.6. The van der Waals surface area contributed by atoms with Gasteiger partial charge < -0.3 is 4.74 Å². The number of benzene rings is 4. The lowest BCUT2D eigenvalue weighted by atomic mass is 9.95. The number of epoxide rings is 1. The Labute approximate surface area is 201 Å². The Morgan fingerprint density at radius 3 is 1.59 bits per heavy atom. The van der Waals surface area contributed by atoms with Crippen molar-refractivity contribution in [1.29, 1.82) is 0 Å². The Morgan fingerprint density at radius 2 is 1.09 bits per heavy atom. The third kappa shape index (κ3) is 5.51. The number of ether oxygens (including phenoxy) is 1. The molecule has 1 aliphatic heterocycles. The van der Waals surface area contributed by atoms with Crippen LogP contribution in [0.1, 0.15) is 28.4 Å². The van der Waals surface area contributed by atoms with Crippen LogP contribution in [0.25, 0.3) is 0 Å². The number of ketones is 1. The molecule has 0 bridgehead atoms. The molecule has 34 heavy (non-hydrogen) atoms. The maximum Gasteiger partial charge on any atom is 0.182 e. The van der Waals surface area contributed by atoms with Gasteiger partial charge in [-0.1, -0.05) is 121 Å². The van der Waals surface area contributed by atoms with Crippen LogP contribution < -0.4 is 0 Å². The van der Waals surface area contributed by atoms with Gasteiger partial charge in [0.1, 0.15) is 12.2 Å². The Kier molecular flexibility index (Phi) is 6.94. The molecule has 0 aliphatic carbocycles. The van der Waals surface area contributed by atoms with E-state index >= 15 is 0 Å². The summed E-state index contributed by atoms with van der Waals surface area (Å²) < 4.78 is 5.96. The van der Waals surface area contributed by atoms with Crippen LogP contribution in [0.4, 0.5) is 0 Å². The molecule has 0 unspecified atom stereocenters. The van der Waals surface area contributed by atoms with Crippen molar-refractivity contribution in [2.75, 3.05) is 0 Å². The van der Waals surface area contributed by atoms with Gasteiger partial charge in [0.05, 0.1) is 6.04 Å². The first-order chi connectivity index (χ1) is 16.8. The van der Waals surface area contributed by atoms with Crippen LogP contribution in [0.3, 0.4) is 0 Å². The number of hydrogen-bond acceptors (Lipinski definition) is 3. The standard InChI is InChI=1S/C31H29NO2/c33-29(31-30(34-31)27-19-11-4-12-20-27)28(21-24-13-5-1-6-14-24)32(22-25-15-7-2-8-16-25)23-26-17-9-3-10-18-26/h1-20,28,30-31H,21-23H2/t28-,30+,31+/m0/s1. The maximum atomic E-state index is 13.9. The summed E-state index contributed by atoms with van der Waals surface area (Å²) in [4.78, 5) is 16.3. The van der Waals surface area contributed by atoms with Crippen molar-refractivity contribution in [2.24, 2.45) is 0 Å². The van der Waals surface area contributed by atoms with Gasteiger partial charge in [0.2, 0.25) is 0 Å². The molecule has 0 amide bonds. The highest BCUT2D eigenvalue weighted by molar-refractivity contribution is 5.91. The topological polar surface area (TPSA) is 32.8 Å². The van der Waals surface area contributed by atoms with E-state index in [1.54, 1.807) is 0 Å². The summed E-state index contributed by atoms with van der Waals surface area (Å²) in [5, 5.41) is 0. The molecule has 4 aromatic rings. The number of carbonyl (C=O) groups excluding carboxylic acids is 1. The van der Waals surface area contributed by atoms with Gasteiger partial charge in [-0.25, -0.2) is 0 Å². The second-order valence-corrected chi connectivity index (χ2v) is 8.87. The quantitative estimate of drug-likeness (QED) is 0.279. The molecule has 0 spiro atoms. The first kappa shape index (κ1) is 22.3. The van der Waals surface area contributed by atoms with Crippen LogP contribution in [-0.2, 0) is 29.0 Å². The first-order valence-electron chi connectivity index (χ1n) is 11.9. The lowest BCUT2D eigenvalue weighted by molar-refractivity contribution is -0.126. The molecule has 0 aromatic heterocycles. The average molecular weight is 448 g/mol. The van der Waals surface area contributed by atoms with Crippen LogP contribution in [0.5, 0.6) is 0 Å². The van der Waals surface area contributed by atoms with Crippen molar-refractivity contribution >= 4 is 5.78 Å². The number of hydrogen-bond donors (Lipinski definition) is 0. The molecular weight excluding hydrogens is 418 g/mol. The van der Waals surface area contributed by atoms with Crippen LogP contribution in [-0.4, -0.2) is 22.8 Å². The minimum Gasteiger partial charge on any atom is -0.356 e. The molecule has 1 fully saturated rings. The molecule has 0 N–H and O–H groups in total. The van der Waals surface area contributed by atoms with Gasteiger partial charge in [0, 0.05) is 13.1 Å². The van der Waals surface area contributed by atoms with E-state index < -0.39 is 6.10 Å². The van der Waals surface area contributed by atoms with Crippen molar-refractivity contribution in [3.8, 4) is 0 Å². The zero-order valence-corrected chi connectivity index (χ0v) is 19.2. The summed E-state index contributed by atoms with van der Waals surface area (Å²) in [6, 6.07) is 40.9. The van der Waals surface area contributed by atoms with Crippen molar-refractivity contribution in [3.63, 3.8) is 0 Å². The molecule has 3 atom stereocenters. The minimum atomic E-state index is -0.398. The Hall–Kier alpha value is -3.53. The predicted molar refractivity (Wildman–Crippen MR) is 135 cm³/mol. The molecule has 3 nitrogen and oxygen atoms in total. The number of rotatable bonds is 10. The van der Waals surface area contributed by atoms with E-state index in [0.717, 1.165) is 11.1 Å². The van der Waals surface area contributed by atoms with Gasteiger partial charge in [-0.15, -0.1) is 0 Å². The Balaban J connectivity index is 1.45. The smallest absolute Gasteiger partial charge is 0.182 e. The van der Waals surface area contributed by atoms with E-state index in [9.17, 15) is 4.79 Å². The van der Waals surface area contributed by atoms with E-state index in [0.29, 0.717) is 19.5 Å². The van der Waals surface area contributed by atoms with Crippen LogP contribution in [0.2, 0.25) is 0 Å². The van der Waals surface area contributed by atoms with Gasteiger partial charge in [0.25, 0.3) is 0 Å². The molecule has 1 heterocycles. The fraction of sp³-hybridized carbons (Fsp3) is 0.194. The Bertz CT molecular complexity index is 1140. The minimum absolute atomic E-state index is 0.151. The van der Waals surface area contributed by atoms with E-state index in [1.807, 2.05) is 60.7 Å². The lowest BCUT2D eigenvalue weighted by Crippen LogP contribution is -2.44. The highest BCUT2D eigenvalue weighted by Crippen LogP contribution is 2.40. The monoisotopic (exact) mass is 447 g/mol. The van der Waals surface area contributed by atoms with Crippen LogP contribution in [0, 0.1) is 0 Å². The molecule has 0 radical (unpaired) electrons. The summed E-state index contributed by atoms with van der Waals surface area (Å²) in [6.45, 7) is 1.39. The van der Waals surface area contributed by atoms with Gasteiger partial charge in [-0.05, 0) is 28.7 Å². The lowest BCUT2D eigenvalue weighted by Gasteiger charge is -2.31. The SMILES string of the molecule is O=C([C@H]1O[C@@H]1c1ccccc1)[C@H](Cc1ccccc1)N(Cc1ccccc1)Cc1ccccc1. The largest absolute Gasteiger partial charge is 0.356 e.